The van der Waals surface area contributed by atoms with Gasteiger partial charge in [0.15, 0.2) is 0 Å². The highest BCUT2D eigenvalue weighted by Gasteiger charge is 2.16. The summed E-state index contributed by atoms with van der Waals surface area (Å²) in [5.41, 5.74) is 0.359. The molecule has 0 atom stereocenters. The predicted molar refractivity (Wildman–Crippen MR) is 100 cm³/mol. The molecule has 0 saturated carbocycles. The normalized spacial score (nSPS) is 13.3. The molecule has 26 heavy (non-hydrogen) atoms. The molecule has 0 unspecified atom stereocenters. The lowest BCUT2D eigenvalue weighted by atomic mass is 9.96. The first-order valence-electron chi connectivity index (χ1n) is 9.12. The van der Waals surface area contributed by atoms with Crippen LogP contribution in [0.2, 0.25) is 0 Å². The van der Waals surface area contributed by atoms with Gasteiger partial charge in [-0.25, -0.2) is 14.4 Å². The maximum atomic E-state index is 11.7. The standard InChI is InChI=1S/C20H30O6/c1-4-7-9-10-15(19(23)24)13-16(12-14(6-3)18(21)22)17(20(25)26)11-8-5-2/h12-13H,4-11H2,1-3H3,(H,21,22)(H,23,24)(H,25,26). The number of rotatable bonds is 13. The van der Waals surface area contributed by atoms with Gasteiger partial charge in [-0.15, -0.1) is 0 Å². The van der Waals surface area contributed by atoms with E-state index in [-0.39, 0.29) is 35.1 Å². The summed E-state index contributed by atoms with van der Waals surface area (Å²) in [7, 11) is 0. The Morgan fingerprint density at radius 1 is 0.692 bits per heavy atom. The molecule has 6 nitrogen and oxygen atoms in total. The highest BCUT2D eigenvalue weighted by atomic mass is 16.4. The Bertz CT molecular complexity index is 595. The molecule has 0 saturated heterocycles. The van der Waals surface area contributed by atoms with Crippen molar-refractivity contribution in [3.63, 3.8) is 0 Å². The largest absolute Gasteiger partial charge is 0.478 e. The summed E-state index contributed by atoms with van der Waals surface area (Å²) < 4.78 is 0. The summed E-state index contributed by atoms with van der Waals surface area (Å²) in [4.78, 5) is 34.6. The van der Waals surface area contributed by atoms with Gasteiger partial charge in [-0.2, -0.15) is 0 Å². The van der Waals surface area contributed by atoms with Crippen molar-refractivity contribution in [2.75, 3.05) is 0 Å². The molecule has 0 amide bonds. The lowest BCUT2D eigenvalue weighted by Crippen LogP contribution is -2.08. The van der Waals surface area contributed by atoms with Crippen molar-refractivity contribution in [3.8, 4) is 0 Å². The van der Waals surface area contributed by atoms with Crippen molar-refractivity contribution in [3.05, 3.63) is 34.4 Å². The topological polar surface area (TPSA) is 112 Å². The molecule has 0 radical (unpaired) electrons. The Kier molecular flexibility index (Phi) is 11.7. The minimum absolute atomic E-state index is 0.0461. The van der Waals surface area contributed by atoms with Crippen molar-refractivity contribution in [1.29, 1.82) is 0 Å². The summed E-state index contributed by atoms with van der Waals surface area (Å²) >= 11 is 0. The van der Waals surface area contributed by atoms with Gasteiger partial charge in [-0.1, -0.05) is 40.0 Å². The van der Waals surface area contributed by atoms with Crippen LogP contribution in [0.4, 0.5) is 0 Å². The van der Waals surface area contributed by atoms with Gasteiger partial charge in [0.25, 0.3) is 0 Å². The molecule has 0 aliphatic rings. The fourth-order valence-corrected chi connectivity index (χ4v) is 2.44. The molecule has 0 aliphatic heterocycles. The lowest BCUT2D eigenvalue weighted by molar-refractivity contribution is -0.134. The van der Waals surface area contributed by atoms with Gasteiger partial charge in [0.2, 0.25) is 0 Å². The number of aliphatic carboxylic acids is 3. The van der Waals surface area contributed by atoms with Gasteiger partial charge in [0, 0.05) is 16.7 Å². The average Bonchev–Trinajstić information content (AvgIpc) is 2.57. The van der Waals surface area contributed by atoms with E-state index in [1.807, 2.05) is 13.8 Å². The van der Waals surface area contributed by atoms with Crippen LogP contribution < -0.4 is 0 Å². The first-order valence-corrected chi connectivity index (χ1v) is 9.12. The van der Waals surface area contributed by atoms with Crippen LogP contribution >= 0.6 is 0 Å². The van der Waals surface area contributed by atoms with E-state index in [1.165, 1.54) is 12.2 Å². The van der Waals surface area contributed by atoms with Gasteiger partial charge < -0.3 is 15.3 Å². The second-order valence-corrected chi connectivity index (χ2v) is 6.10. The fourth-order valence-electron chi connectivity index (χ4n) is 2.44. The van der Waals surface area contributed by atoms with Gasteiger partial charge in [0.05, 0.1) is 0 Å². The van der Waals surface area contributed by atoms with Crippen molar-refractivity contribution in [2.24, 2.45) is 0 Å². The van der Waals surface area contributed by atoms with E-state index in [0.717, 1.165) is 19.3 Å². The number of allylic oxidation sites excluding steroid dienone is 3. The second-order valence-electron chi connectivity index (χ2n) is 6.10. The molecular weight excluding hydrogens is 336 g/mol. The highest BCUT2D eigenvalue weighted by Crippen LogP contribution is 2.22. The molecule has 3 N–H and O–H groups in total. The molecule has 0 aromatic carbocycles. The Balaban J connectivity index is 6.25. The molecule has 0 aromatic heterocycles. The zero-order valence-electron chi connectivity index (χ0n) is 15.9. The number of carbonyl (C=O) groups is 3. The zero-order valence-corrected chi connectivity index (χ0v) is 15.9. The number of carboxylic acids is 3. The monoisotopic (exact) mass is 366 g/mol. The predicted octanol–water partition coefficient (Wildman–Crippen LogP) is 4.57. The van der Waals surface area contributed by atoms with Gasteiger partial charge in [-0.3, -0.25) is 0 Å². The molecule has 0 aliphatic carbocycles. The lowest BCUT2D eigenvalue weighted by Gasteiger charge is -2.09. The first-order chi connectivity index (χ1) is 12.3. The van der Waals surface area contributed by atoms with E-state index in [1.54, 1.807) is 6.92 Å². The van der Waals surface area contributed by atoms with Crippen LogP contribution in [0.5, 0.6) is 0 Å². The van der Waals surface area contributed by atoms with E-state index in [0.29, 0.717) is 19.3 Å². The quantitative estimate of drug-likeness (QED) is 0.250. The number of hydrogen-bond donors (Lipinski definition) is 3. The van der Waals surface area contributed by atoms with E-state index < -0.39 is 17.9 Å². The van der Waals surface area contributed by atoms with Crippen LogP contribution in [-0.2, 0) is 14.4 Å². The van der Waals surface area contributed by atoms with E-state index >= 15 is 0 Å². The SMILES string of the molecule is CCCCCC(=CC(C=C(CC)C(=O)O)=C(CCCC)C(=O)O)C(=O)O. The van der Waals surface area contributed by atoms with Crippen LogP contribution in [0.3, 0.4) is 0 Å². The summed E-state index contributed by atoms with van der Waals surface area (Å²) in [6, 6.07) is 0. The molecule has 0 fully saturated rings. The maximum absolute atomic E-state index is 11.7. The number of carboxylic acid groups (broad SMARTS) is 3. The van der Waals surface area contributed by atoms with Gasteiger partial charge in [0.1, 0.15) is 0 Å². The minimum atomic E-state index is -1.15. The van der Waals surface area contributed by atoms with Crippen LogP contribution in [0.15, 0.2) is 34.4 Å². The zero-order chi connectivity index (χ0) is 20.1. The van der Waals surface area contributed by atoms with Crippen LogP contribution in [0.25, 0.3) is 0 Å². The van der Waals surface area contributed by atoms with E-state index in [2.05, 4.69) is 0 Å². The Morgan fingerprint density at radius 3 is 1.65 bits per heavy atom. The average molecular weight is 366 g/mol. The Morgan fingerprint density at radius 2 is 1.23 bits per heavy atom. The molecule has 0 heterocycles. The molecule has 6 heteroatoms. The number of unbranched alkanes of at least 4 members (excludes halogenated alkanes) is 3. The molecular formula is C20H30O6. The van der Waals surface area contributed by atoms with E-state index in [4.69, 9.17) is 0 Å². The fraction of sp³-hybridized carbons (Fsp3) is 0.550. The smallest absolute Gasteiger partial charge is 0.332 e. The summed E-state index contributed by atoms with van der Waals surface area (Å²) in [6.45, 7) is 5.59. The van der Waals surface area contributed by atoms with Crippen molar-refractivity contribution in [1.82, 2.24) is 0 Å². The van der Waals surface area contributed by atoms with Crippen LogP contribution in [-0.4, -0.2) is 33.2 Å². The first kappa shape index (κ1) is 23.6. The molecule has 0 rings (SSSR count). The third kappa shape index (κ3) is 8.65. The van der Waals surface area contributed by atoms with Crippen molar-refractivity contribution < 1.29 is 29.7 Å². The van der Waals surface area contributed by atoms with Crippen LogP contribution in [0.1, 0.15) is 72.1 Å². The van der Waals surface area contributed by atoms with Crippen molar-refractivity contribution >= 4 is 17.9 Å². The van der Waals surface area contributed by atoms with Crippen LogP contribution in [0, 0.1) is 0 Å². The second kappa shape index (κ2) is 12.9. The molecule has 0 aromatic rings. The minimum Gasteiger partial charge on any atom is -0.478 e. The Labute approximate surface area is 154 Å². The Hall–Kier alpha value is -2.37. The third-order valence-electron chi connectivity index (χ3n) is 4.03. The molecule has 0 bridgehead atoms. The summed E-state index contributed by atoms with van der Waals surface area (Å²) in [5, 5.41) is 28.3. The number of hydrogen-bond acceptors (Lipinski definition) is 3. The maximum Gasteiger partial charge on any atom is 0.332 e. The van der Waals surface area contributed by atoms with E-state index in [9.17, 15) is 29.7 Å². The highest BCUT2D eigenvalue weighted by molar-refractivity contribution is 5.93. The molecule has 146 valence electrons. The summed E-state index contributed by atoms with van der Waals surface area (Å²) in [6.07, 6.45) is 7.30. The van der Waals surface area contributed by atoms with Gasteiger partial charge >= 0.3 is 17.9 Å². The van der Waals surface area contributed by atoms with Crippen molar-refractivity contribution in [2.45, 2.75) is 72.1 Å². The third-order valence-corrected chi connectivity index (χ3v) is 4.03. The van der Waals surface area contributed by atoms with Gasteiger partial charge in [-0.05, 0) is 49.8 Å². The molecule has 0 spiro atoms. The summed E-state index contributed by atoms with van der Waals surface area (Å²) in [5.74, 6) is -3.40.